The maximum Gasteiger partial charge on any atom is 0.290 e. The van der Waals surface area contributed by atoms with Crippen molar-refractivity contribution in [1.82, 2.24) is 15.5 Å². The van der Waals surface area contributed by atoms with Crippen LogP contribution in [0.5, 0.6) is 0 Å². The molecule has 2 amide bonds. The van der Waals surface area contributed by atoms with Crippen molar-refractivity contribution in [2.24, 2.45) is 0 Å². The second-order valence-electron chi connectivity index (χ2n) is 3.51. The first-order valence-electron chi connectivity index (χ1n) is 4.92. The Labute approximate surface area is 100 Å². The molecule has 0 bridgehead atoms. The molecule has 1 fully saturated rings. The first-order valence-corrected chi connectivity index (χ1v) is 5.73. The van der Waals surface area contributed by atoms with E-state index in [0.717, 1.165) is 22.7 Å². The SMILES string of the molecule is O=C1NC(=O)/C(=C\c2n[nH]c3ccccc23)S1. The molecule has 1 aliphatic rings. The van der Waals surface area contributed by atoms with Gasteiger partial charge in [-0.2, -0.15) is 5.10 Å². The number of imide groups is 1. The molecule has 0 spiro atoms. The van der Waals surface area contributed by atoms with Crippen LogP contribution in [0.15, 0.2) is 29.2 Å². The number of rotatable bonds is 1. The second-order valence-corrected chi connectivity index (χ2v) is 4.52. The molecular weight excluding hydrogens is 238 g/mol. The summed E-state index contributed by atoms with van der Waals surface area (Å²) in [6.07, 6.45) is 1.61. The van der Waals surface area contributed by atoms with Crippen molar-refractivity contribution in [3.05, 3.63) is 34.9 Å². The summed E-state index contributed by atoms with van der Waals surface area (Å²) in [5, 5.41) is 9.76. The molecule has 1 aromatic carbocycles. The second kappa shape index (κ2) is 3.74. The molecule has 1 aliphatic heterocycles. The third-order valence-electron chi connectivity index (χ3n) is 2.41. The molecule has 6 heteroatoms. The molecule has 1 aromatic heterocycles. The average Bonchev–Trinajstić information content (AvgIpc) is 2.85. The zero-order valence-corrected chi connectivity index (χ0v) is 9.38. The molecule has 0 aliphatic carbocycles. The quantitative estimate of drug-likeness (QED) is 0.752. The van der Waals surface area contributed by atoms with Gasteiger partial charge in [0.05, 0.1) is 16.1 Å². The molecule has 5 nitrogen and oxygen atoms in total. The summed E-state index contributed by atoms with van der Waals surface area (Å²) in [6.45, 7) is 0. The minimum absolute atomic E-state index is 0.346. The summed E-state index contributed by atoms with van der Waals surface area (Å²) < 4.78 is 0. The van der Waals surface area contributed by atoms with Crippen LogP contribution in [-0.2, 0) is 4.79 Å². The van der Waals surface area contributed by atoms with Gasteiger partial charge in [-0.05, 0) is 23.9 Å². The Balaban J connectivity index is 2.08. The Bertz CT molecular complexity index is 660. The van der Waals surface area contributed by atoms with E-state index in [1.807, 2.05) is 24.3 Å². The highest BCUT2D eigenvalue weighted by atomic mass is 32.2. The third kappa shape index (κ3) is 1.72. The predicted molar refractivity (Wildman–Crippen MR) is 65.2 cm³/mol. The van der Waals surface area contributed by atoms with Gasteiger partial charge in [0, 0.05) is 5.39 Å². The molecule has 84 valence electrons. The van der Waals surface area contributed by atoms with Crippen LogP contribution in [0.2, 0.25) is 0 Å². The highest BCUT2D eigenvalue weighted by Crippen LogP contribution is 2.27. The van der Waals surface area contributed by atoms with Crippen LogP contribution in [0.1, 0.15) is 5.69 Å². The predicted octanol–water partition coefficient (Wildman–Crippen LogP) is 1.89. The number of carbonyl (C=O) groups is 2. The zero-order chi connectivity index (χ0) is 11.8. The maximum absolute atomic E-state index is 11.4. The molecule has 1 saturated heterocycles. The number of aromatic amines is 1. The molecule has 2 aromatic rings. The fourth-order valence-corrected chi connectivity index (χ4v) is 2.30. The Morgan fingerprint density at radius 3 is 2.82 bits per heavy atom. The van der Waals surface area contributed by atoms with Crippen LogP contribution < -0.4 is 5.32 Å². The fourth-order valence-electron chi connectivity index (χ4n) is 1.64. The molecule has 3 rings (SSSR count). The molecule has 0 radical (unpaired) electrons. The van der Waals surface area contributed by atoms with Gasteiger partial charge in [-0.3, -0.25) is 20.0 Å². The summed E-state index contributed by atoms with van der Waals surface area (Å²) in [6, 6.07) is 7.60. The molecule has 0 saturated carbocycles. The van der Waals surface area contributed by atoms with Crippen LogP contribution >= 0.6 is 11.8 Å². The summed E-state index contributed by atoms with van der Waals surface area (Å²) in [4.78, 5) is 22.8. The van der Waals surface area contributed by atoms with Gasteiger partial charge in [-0.1, -0.05) is 18.2 Å². The maximum atomic E-state index is 11.4. The van der Waals surface area contributed by atoms with Gasteiger partial charge in [0.2, 0.25) is 0 Å². The number of para-hydroxylation sites is 1. The van der Waals surface area contributed by atoms with E-state index in [4.69, 9.17) is 0 Å². The molecular formula is C11H7N3O2S. The molecule has 2 heterocycles. The highest BCUT2D eigenvalue weighted by Gasteiger charge is 2.25. The Kier molecular flexibility index (Phi) is 2.22. The van der Waals surface area contributed by atoms with E-state index in [2.05, 4.69) is 15.5 Å². The van der Waals surface area contributed by atoms with E-state index < -0.39 is 0 Å². The lowest BCUT2D eigenvalue weighted by atomic mass is 10.2. The number of aromatic nitrogens is 2. The van der Waals surface area contributed by atoms with E-state index in [1.165, 1.54) is 0 Å². The molecule has 2 N–H and O–H groups in total. The third-order valence-corrected chi connectivity index (χ3v) is 3.22. The summed E-state index contributed by atoms with van der Waals surface area (Å²) in [5.41, 5.74) is 1.56. The zero-order valence-electron chi connectivity index (χ0n) is 8.56. The number of thioether (sulfide) groups is 1. The van der Waals surface area contributed by atoms with Crippen LogP contribution in [0.4, 0.5) is 4.79 Å². The standard InChI is InChI=1S/C11H7N3O2S/c15-10-9(17-11(16)12-10)5-8-6-3-1-2-4-7(6)13-14-8/h1-5H,(H,13,14)(H,12,15,16)/b9-5+. The fraction of sp³-hybridized carbons (Fsp3) is 0. The molecule has 0 atom stereocenters. The molecule has 17 heavy (non-hydrogen) atoms. The van der Waals surface area contributed by atoms with E-state index in [0.29, 0.717) is 10.6 Å². The van der Waals surface area contributed by atoms with Gasteiger partial charge in [-0.15, -0.1) is 0 Å². The summed E-state index contributed by atoms with van der Waals surface area (Å²) in [5.74, 6) is -0.368. The van der Waals surface area contributed by atoms with Gasteiger partial charge in [0.1, 0.15) is 0 Å². The van der Waals surface area contributed by atoms with Crippen molar-refractivity contribution in [2.75, 3.05) is 0 Å². The highest BCUT2D eigenvalue weighted by molar-refractivity contribution is 8.18. The van der Waals surface area contributed by atoms with Crippen molar-refractivity contribution in [1.29, 1.82) is 0 Å². The van der Waals surface area contributed by atoms with Crippen LogP contribution in [0, 0.1) is 0 Å². The van der Waals surface area contributed by atoms with Gasteiger partial charge < -0.3 is 0 Å². The van der Waals surface area contributed by atoms with Crippen molar-refractivity contribution < 1.29 is 9.59 Å². The minimum Gasteiger partial charge on any atom is -0.282 e. The summed E-state index contributed by atoms with van der Waals surface area (Å²) >= 11 is 0.888. The number of hydrogen-bond acceptors (Lipinski definition) is 4. The van der Waals surface area contributed by atoms with Crippen molar-refractivity contribution in [2.45, 2.75) is 0 Å². The first-order chi connectivity index (χ1) is 8.24. The number of fused-ring (bicyclic) bond motifs is 1. The number of carbonyl (C=O) groups excluding carboxylic acids is 2. The average molecular weight is 245 g/mol. The number of benzene rings is 1. The number of nitrogens with zero attached hydrogens (tertiary/aromatic N) is 1. The largest absolute Gasteiger partial charge is 0.290 e. The molecule has 0 unspecified atom stereocenters. The van der Waals surface area contributed by atoms with Gasteiger partial charge >= 0.3 is 0 Å². The number of nitrogens with one attached hydrogen (secondary N) is 2. The van der Waals surface area contributed by atoms with Crippen molar-refractivity contribution in [3.63, 3.8) is 0 Å². The normalized spacial score (nSPS) is 18.0. The number of hydrogen-bond donors (Lipinski definition) is 2. The van der Waals surface area contributed by atoms with Crippen LogP contribution in [0.25, 0.3) is 17.0 Å². The van der Waals surface area contributed by atoms with Gasteiger partial charge in [0.15, 0.2) is 0 Å². The lowest BCUT2D eigenvalue weighted by Crippen LogP contribution is -2.17. The topological polar surface area (TPSA) is 74.8 Å². The van der Waals surface area contributed by atoms with Crippen molar-refractivity contribution >= 4 is 39.9 Å². The number of H-pyrrole nitrogens is 1. The van der Waals surface area contributed by atoms with Gasteiger partial charge in [0.25, 0.3) is 11.1 Å². The first kappa shape index (κ1) is 10.1. The smallest absolute Gasteiger partial charge is 0.282 e. The Hall–Kier alpha value is -2.08. The van der Waals surface area contributed by atoms with E-state index in [-0.39, 0.29) is 11.1 Å². The Morgan fingerprint density at radius 1 is 1.24 bits per heavy atom. The van der Waals surface area contributed by atoms with Crippen molar-refractivity contribution in [3.8, 4) is 0 Å². The lowest BCUT2D eigenvalue weighted by molar-refractivity contribution is -0.115. The van der Waals surface area contributed by atoms with Crippen LogP contribution in [-0.4, -0.2) is 21.3 Å². The van der Waals surface area contributed by atoms with Gasteiger partial charge in [-0.25, -0.2) is 0 Å². The summed E-state index contributed by atoms with van der Waals surface area (Å²) in [7, 11) is 0. The minimum atomic E-state index is -0.368. The van der Waals surface area contributed by atoms with Crippen LogP contribution in [0.3, 0.4) is 0 Å². The van der Waals surface area contributed by atoms with E-state index in [1.54, 1.807) is 6.08 Å². The Morgan fingerprint density at radius 2 is 2.06 bits per heavy atom. The monoisotopic (exact) mass is 245 g/mol. The van der Waals surface area contributed by atoms with E-state index >= 15 is 0 Å². The van der Waals surface area contributed by atoms with E-state index in [9.17, 15) is 9.59 Å². The number of amides is 2. The lowest BCUT2D eigenvalue weighted by Gasteiger charge is -1.90.